The maximum absolute atomic E-state index is 6.35. The lowest BCUT2D eigenvalue weighted by molar-refractivity contribution is -0.0250. The first-order valence-electron chi connectivity index (χ1n) is 9.38. The fourth-order valence-electron chi connectivity index (χ4n) is 3.80. The Bertz CT molecular complexity index is 377. The van der Waals surface area contributed by atoms with Crippen molar-refractivity contribution in [3.05, 3.63) is 18.7 Å². The Hall–Kier alpha value is -0.830. The van der Waals surface area contributed by atoms with E-state index in [1.165, 1.54) is 57.8 Å². The van der Waals surface area contributed by atoms with Gasteiger partial charge in [-0.1, -0.05) is 46.0 Å². The van der Waals surface area contributed by atoms with Crippen LogP contribution >= 0.6 is 0 Å². The second-order valence-electron chi connectivity index (χ2n) is 6.98. The molecule has 2 rings (SSSR count). The zero-order chi connectivity index (χ0) is 15.6. The predicted molar refractivity (Wildman–Crippen MR) is 91.8 cm³/mol. The molecule has 1 fully saturated rings. The fourth-order valence-corrected chi connectivity index (χ4v) is 3.80. The largest absolute Gasteiger partial charge is 0.378 e. The predicted octanol–water partition coefficient (Wildman–Crippen LogP) is 5.07. The summed E-state index contributed by atoms with van der Waals surface area (Å²) in [5, 5.41) is 0. The lowest BCUT2D eigenvalue weighted by Gasteiger charge is -2.35. The SMILES string of the molecule is CCCCCOC(CCCn1ccnc1)C1CCCCC1C. The van der Waals surface area contributed by atoms with Crippen molar-refractivity contribution in [3.8, 4) is 0 Å². The highest BCUT2D eigenvalue weighted by molar-refractivity contribution is 4.80. The van der Waals surface area contributed by atoms with Gasteiger partial charge in [-0.05, 0) is 37.5 Å². The summed E-state index contributed by atoms with van der Waals surface area (Å²) in [7, 11) is 0. The van der Waals surface area contributed by atoms with E-state index in [4.69, 9.17) is 4.74 Å². The molecule has 126 valence electrons. The number of ether oxygens (including phenoxy) is 1. The molecule has 3 unspecified atom stereocenters. The van der Waals surface area contributed by atoms with Gasteiger partial charge < -0.3 is 9.30 Å². The van der Waals surface area contributed by atoms with E-state index in [0.29, 0.717) is 6.10 Å². The minimum atomic E-state index is 0.468. The molecule has 1 aromatic heterocycles. The minimum Gasteiger partial charge on any atom is -0.378 e. The first kappa shape index (κ1) is 17.5. The van der Waals surface area contributed by atoms with Crippen molar-refractivity contribution >= 4 is 0 Å². The molecule has 0 saturated heterocycles. The minimum absolute atomic E-state index is 0.468. The second kappa shape index (κ2) is 10.0. The number of unbranched alkanes of at least 4 members (excludes halogenated alkanes) is 2. The Labute approximate surface area is 136 Å². The molecule has 0 bridgehead atoms. The molecule has 3 nitrogen and oxygen atoms in total. The smallest absolute Gasteiger partial charge is 0.0945 e. The van der Waals surface area contributed by atoms with Crippen LogP contribution in [0.3, 0.4) is 0 Å². The van der Waals surface area contributed by atoms with Crippen LogP contribution in [0.1, 0.15) is 71.6 Å². The molecule has 0 aromatic carbocycles. The van der Waals surface area contributed by atoms with E-state index in [1.54, 1.807) is 0 Å². The highest BCUT2D eigenvalue weighted by Gasteiger charge is 2.29. The molecule has 1 aliphatic rings. The third kappa shape index (κ3) is 5.75. The van der Waals surface area contributed by atoms with E-state index in [2.05, 4.69) is 29.6 Å². The molecule has 3 heteroatoms. The summed E-state index contributed by atoms with van der Waals surface area (Å²) in [6.07, 6.45) is 18.0. The Morgan fingerprint density at radius 1 is 1.23 bits per heavy atom. The van der Waals surface area contributed by atoms with Gasteiger partial charge in [0.05, 0.1) is 12.4 Å². The number of aromatic nitrogens is 2. The third-order valence-electron chi connectivity index (χ3n) is 5.20. The van der Waals surface area contributed by atoms with Crippen molar-refractivity contribution in [2.45, 2.75) is 84.3 Å². The fraction of sp³-hybridized carbons (Fsp3) is 0.842. The van der Waals surface area contributed by atoms with Gasteiger partial charge in [0.25, 0.3) is 0 Å². The van der Waals surface area contributed by atoms with Crippen LogP contribution in [0.2, 0.25) is 0 Å². The molecular weight excluding hydrogens is 272 g/mol. The maximum Gasteiger partial charge on any atom is 0.0945 e. The van der Waals surface area contributed by atoms with Crippen molar-refractivity contribution in [2.24, 2.45) is 11.8 Å². The summed E-state index contributed by atoms with van der Waals surface area (Å²) < 4.78 is 8.53. The zero-order valence-corrected chi connectivity index (χ0v) is 14.5. The Kier molecular flexibility index (Phi) is 8.00. The Balaban J connectivity index is 1.80. The van der Waals surface area contributed by atoms with Crippen molar-refractivity contribution in [2.75, 3.05) is 6.61 Å². The van der Waals surface area contributed by atoms with Crippen molar-refractivity contribution in [3.63, 3.8) is 0 Å². The molecule has 0 aliphatic heterocycles. The summed E-state index contributed by atoms with van der Waals surface area (Å²) in [6, 6.07) is 0. The van der Waals surface area contributed by atoms with Gasteiger partial charge in [-0.15, -0.1) is 0 Å². The van der Waals surface area contributed by atoms with Gasteiger partial charge in [-0.2, -0.15) is 0 Å². The lowest BCUT2D eigenvalue weighted by Crippen LogP contribution is -2.32. The number of hydrogen-bond donors (Lipinski definition) is 0. The molecule has 1 heterocycles. The molecule has 0 N–H and O–H groups in total. The van der Waals surface area contributed by atoms with Crippen LogP contribution in [-0.2, 0) is 11.3 Å². The highest BCUT2D eigenvalue weighted by atomic mass is 16.5. The van der Waals surface area contributed by atoms with Gasteiger partial charge in [0.1, 0.15) is 0 Å². The van der Waals surface area contributed by atoms with Crippen LogP contribution in [0.25, 0.3) is 0 Å². The molecule has 3 atom stereocenters. The van der Waals surface area contributed by atoms with Gasteiger partial charge >= 0.3 is 0 Å². The molecule has 0 radical (unpaired) electrons. The summed E-state index contributed by atoms with van der Waals surface area (Å²) in [5.74, 6) is 1.61. The molecule has 0 amide bonds. The summed E-state index contributed by atoms with van der Waals surface area (Å²) in [5.41, 5.74) is 0. The number of imidazole rings is 1. The van der Waals surface area contributed by atoms with Gasteiger partial charge in [-0.25, -0.2) is 4.98 Å². The quantitative estimate of drug-likeness (QED) is 0.565. The van der Waals surface area contributed by atoms with Gasteiger partial charge in [0.15, 0.2) is 0 Å². The van der Waals surface area contributed by atoms with Gasteiger partial charge in [0.2, 0.25) is 0 Å². The van der Waals surface area contributed by atoms with Crippen LogP contribution in [0.5, 0.6) is 0 Å². The van der Waals surface area contributed by atoms with Gasteiger partial charge in [0, 0.05) is 25.5 Å². The maximum atomic E-state index is 6.35. The normalized spacial score (nSPS) is 23.5. The average molecular weight is 306 g/mol. The third-order valence-corrected chi connectivity index (χ3v) is 5.20. The number of aryl methyl sites for hydroxylation is 1. The van der Waals surface area contributed by atoms with E-state index in [1.807, 2.05) is 12.5 Å². The van der Waals surface area contributed by atoms with E-state index in [-0.39, 0.29) is 0 Å². The Morgan fingerprint density at radius 3 is 2.82 bits per heavy atom. The lowest BCUT2D eigenvalue weighted by atomic mass is 9.76. The van der Waals surface area contributed by atoms with Crippen LogP contribution in [0.15, 0.2) is 18.7 Å². The number of hydrogen-bond acceptors (Lipinski definition) is 2. The monoisotopic (exact) mass is 306 g/mol. The standard InChI is InChI=1S/C19H34N2O/c1-3-4-7-15-22-19(18-10-6-5-9-17(18)2)11-8-13-21-14-12-20-16-21/h12,14,16-19H,3-11,13,15H2,1-2H3. The summed E-state index contributed by atoms with van der Waals surface area (Å²) in [4.78, 5) is 4.12. The van der Waals surface area contributed by atoms with Crippen LogP contribution in [0, 0.1) is 11.8 Å². The van der Waals surface area contributed by atoms with E-state index >= 15 is 0 Å². The van der Waals surface area contributed by atoms with Crippen LogP contribution in [-0.4, -0.2) is 22.3 Å². The topological polar surface area (TPSA) is 27.1 Å². The second-order valence-corrected chi connectivity index (χ2v) is 6.98. The highest BCUT2D eigenvalue weighted by Crippen LogP contribution is 2.35. The molecule has 1 aliphatic carbocycles. The molecule has 1 aromatic rings. The van der Waals surface area contributed by atoms with Crippen molar-refractivity contribution in [1.82, 2.24) is 9.55 Å². The molecule has 1 saturated carbocycles. The van der Waals surface area contributed by atoms with Gasteiger partial charge in [-0.3, -0.25) is 0 Å². The van der Waals surface area contributed by atoms with Crippen molar-refractivity contribution < 1.29 is 4.74 Å². The first-order valence-corrected chi connectivity index (χ1v) is 9.38. The van der Waals surface area contributed by atoms with E-state index in [0.717, 1.165) is 25.0 Å². The summed E-state index contributed by atoms with van der Waals surface area (Å²) in [6.45, 7) is 6.70. The Morgan fingerprint density at radius 2 is 2.09 bits per heavy atom. The number of rotatable bonds is 10. The number of nitrogens with zero attached hydrogens (tertiary/aromatic N) is 2. The van der Waals surface area contributed by atoms with E-state index in [9.17, 15) is 0 Å². The average Bonchev–Trinajstić information content (AvgIpc) is 3.04. The van der Waals surface area contributed by atoms with Crippen LogP contribution < -0.4 is 0 Å². The first-order chi connectivity index (χ1) is 10.8. The van der Waals surface area contributed by atoms with Crippen molar-refractivity contribution in [1.29, 1.82) is 0 Å². The molecular formula is C19H34N2O. The molecule has 22 heavy (non-hydrogen) atoms. The van der Waals surface area contributed by atoms with E-state index < -0.39 is 0 Å². The van der Waals surface area contributed by atoms with Crippen LogP contribution in [0.4, 0.5) is 0 Å². The molecule has 0 spiro atoms. The zero-order valence-electron chi connectivity index (χ0n) is 14.5. The summed E-state index contributed by atoms with van der Waals surface area (Å²) >= 11 is 0.